The summed E-state index contributed by atoms with van der Waals surface area (Å²) in [6.07, 6.45) is 3.23. The predicted molar refractivity (Wildman–Crippen MR) is 91.9 cm³/mol. The topological polar surface area (TPSA) is 62.6 Å². The van der Waals surface area contributed by atoms with Crippen LogP contribution in [0.2, 0.25) is 0 Å². The minimum atomic E-state index is -3.76. The molecule has 8 heteroatoms. The van der Waals surface area contributed by atoms with Gasteiger partial charge in [-0.3, -0.25) is 4.90 Å². The monoisotopic (exact) mass is 370 g/mol. The highest BCUT2D eigenvalue weighted by Gasteiger charge is 2.25. The van der Waals surface area contributed by atoms with Crippen molar-refractivity contribution < 1.29 is 17.2 Å². The number of sulfonamides is 1. The standard InChI is InChI=1S/C16H19FN2O3S2/c17-14-2-1-3-15(10-14)24(20,21)18-11-16(13-4-7-22-12-13)19-5-8-23-9-6-19/h1-4,7,10,12,16,18H,5-6,8-9,11H2. The maximum absolute atomic E-state index is 13.3. The second kappa shape index (κ2) is 7.69. The van der Waals surface area contributed by atoms with Gasteiger partial charge in [-0.25, -0.2) is 17.5 Å². The van der Waals surface area contributed by atoms with Gasteiger partial charge in [0.15, 0.2) is 0 Å². The van der Waals surface area contributed by atoms with Crippen LogP contribution >= 0.6 is 11.8 Å². The van der Waals surface area contributed by atoms with Crippen LogP contribution in [0.5, 0.6) is 0 Å². The Morgan fingerprint density at radius 3 is 2.75 bits per heavy atom. The van der Waals surface area contributed by atoms with Gasteiger partial charge >= 0.3 is 0 Å². The Balaban J connectivity index is 1.75. The number of hydrogen-bond donors (Lipinski definition) is 1. The molecular formula is C16H19FN2O3S2. The summed E-state index contributed by atoms with van der Waals surface area (Å²) in [6, 6.07) is 6.76. The third-order valence-electron chi connectivity index (χ3n) is 3.99. The smallest absolute Gasteiger partial charge is 0.240 e. The Labute approximate surface area is 145 Å². The van der Waals surface area contributed by atoms with E-state index in [4.69, 9.17) is 4.42 Å². The first-order valence-electron chi connectivity index (χ1n) is 7.65. The fourth-order valence-electron chi connectivity index (χ4n) is 2.72. The third kappa shape index (κ3) is 4.18. The number of nitrogens with zero attached hydrogens (tertiary/aromatic N) is 1. The van der Waals surface area contributed by atoms with Crippen LogP contribution < -0.4 is 4.72 Å². The number of nitrogens with one attached hydrogen (secondary N) is 1. The molecule has 130 valence electrons. The van der Waals surface area contributed by atoms with E-state index in [2.05, 4.69) is 9.62 Å². The highest BCUT2D eigenvalue weighted by molar-refractivity contribution is 7.99. The van der Waals surface area contributed by atoms with E-state index >= 15 is 0 Å². The molecule has 1 aromatic carbocycles. The number of thioether (sulfide) groups is 1. The summed E-state index contributed by atoms with van der Waals surface area (Å²) in [5.74, 6) is 1.47. The van der Waals surface area contributed by atoms with E-state index in [0.29, 0.717) is 0 Å². The van der Waals surface area contributed by atoms with Crippen LogP contribution in [0.3, 0.4) is 0 Å². The number of benzene rings is 1. The summed E-state index contributed by atoms with van der Waals surface area (Å²) in [6.45, 7) is 1.99. The second-order valence-corrected chi connectivity index (χ2v) is 8.52. The quantitative estimate of drug-likeness (QED) is 0.846. The highest BCUT2D eigenvalue weighted by atomic mass is 32.2. The molecule has 24 heavy (non-hydrogen) atoms. The van der Waals surface area contributed by atoms with Crippen LogP contribution in [0.15, 0.2) is 52.2 Å². The molecule has 1 saturated heterocycles. The number of hydrogen-bond acceptors (Lipinski definition) is 5. The predicted octanol–water partition coefficient (Wildman–Crippen LogP) is 2.49. The van der Waals surface area contributed by atoms with Gasteiger partial charge in [0.2, 0.25) is 10.0 Å². The first-order chi connectivity index (χ1) is 11.6. The van der Waals surface area contributed by atoms with Crippen molar-refractivity contribution >= 4 is 21.8 Å². The van der Waals surface area contributed by atoms with Crippen molar-refractivity contribution in [2.75, 3.05) is 31.1 Å². The van der Waals surface area contributed by atoms with Crippen LogP contribution in [0.4, 0.5) is 4.39 Å². The summed E-state index contributed by atoms with van der Waals surface area (Å²) < 4.78 is 45.9. The summed E-state index contributed by atoms with van der Waals surface area (Å²) in [4.78, 5) is 2.18. The molecule has 0 saturated carbocycles. The molecule has 1 fully saturated rings. The van der Waals surface area contributed by atoms with Crippen molar-refractivity contribution in [3.05, 3.63) is 54.2 Å². The average Bonchev–Trinajstić information content (AvgIpc) is 3.10. The van der Waals surface area contributed by atoms with Crippen molar-refractivity contribution in [1.82, 2.24) is 9.62 Å². The maximum atomic E-state index is 13.3. The Morgan fingerprint density at radius 1 is 1.29 bits per heavy atom. The average molecular weight is 370 g/mol. The van der Waals surface area contributed by atoms with Crippen LogP contribution in [-0.4, -0.2) is 44.5 Å². The first kappa shape index (κ1) is 17.5. The highest BCUT2D eigenvalue weighted by Crippen LogP contribution is 2.24. The lowest BCUT2D eigenvalue weighted by Crippen LogP contribution is -2.41. The lowest BCUT2D eigenvalue weighted by Gasteiger charge is -2.33. The van der Waals surface area contributed by atoms with Crippen molar-refractivity contribution in [2.24, 2.45) is 0 Å². The largest absolute Gasteiger partial charge is 0.472 e. The van der Waals surface area contributed by atoms with Gasteiger partial charge in [-0.15, -0.1) is 0 Å². The van der Waals surface area contributed by atoms with Gasteiger partial charge in [-0.05, 0) is 24.3 Å². The van der Waals surface area contributed by atoms with E-state index < -0.39 is 15.8 Å². The van der Waals surface area contributed by atoms with Crippen LogP contribution in [-0.2, 0) is 10.0 Å². The zero-order valence-electron chi connectivity index (χ0n) is 13.0. The van der Waals surface area contributed by atoms with Crippen molar-refractivity contribution in [3.8, 4) is 0 Å². The van der Waals surface area contributed by atoms with Gasteiger partial charge in [0, 0.05) is 36.7 Å². The second-order valence-electron chi connectivity index (χ2n) is 5.53. The maximum Gasteiger partial charge on any atom is 0.240 e. The molecule has 0 aliphatic carbocycles. The Bertz CT molecular complexity index is 759. The van der Waals surface area contributed by atoms with Gasteiger partial charge in [-0.2, -0.15) is 11.8 Å². The van der Waals surface area contributed by atoms with E-state index in [-0.39, 0.29) is 17.5 Å². The van der Waals surface area contributed by atoms with Crippen LogP contribution in [0.1, 0.15) is 11.6 Å². The fraction of sp³-hybridized carbons (Fsp3) is 0.375. The molecule has 1 aromatic heterocycles. The van der Waals surface area contributed by atoms with Crippen molar-refractivity contribution in [1.29, 1.82) is 0 Å². The first-order valence-corrected chi connectivity index (χ1v) is 10.3. The lowest BCUT2D eigenvalue weighted by molar-refractivity contribution is 0.218. The molecule has 5 nitrogen and oxygen atoms in total. The number of halogens is 1. The molecule has 0 spiro atoms. The van der Waals surface area contributed by atoms with E-state index in [1.165, 1.54) is 18.2 Å². The molecule has 1 N–H and O–H groups in total. The molecule has 1 aliphatic rings. The Morgan fingerprint density at radius 2 is 2.08 bits per heavy atom. The van der Waals surface area contributed by atoms with Crippen LogP contribution in [0.25, 0.3) is 0 Å². The molecule has 0 bridgehead atoms. The zero-order valence-corrected chi connectivity index (χ0v) is 14.7. The molecular weight excluding hydrogens is 351 g/mol. The minimum Gasteiger partial charge on any atom is -0.472 e. The summed E-state index contributed by atoms with van der Waals surface area (Å²) in [5.41, 5.74) is 0.934. The van der Waals surface area contributed by atoms with Crippen molar-refractivity contribution in [2.45, 2.75) is 10.9 Å². The minimum absolute atomic E-state index is 0.0670. The summed E-state index contributed by atoms with van der Waals surface area (Å²) >= 11 is 1.89. The van der Waals surface area contributed by atoms with Crippen molar-refractivity contribution in [3.63, 3.8) is 0 Å². The van der Waals surface area contributed by atoms with E-state index in [1.807, 2.05) is 17.8 Å². The molecule has 3 rings (SSSR count). The molecule has 2 aromatic rings. The molecule has 1 aliphatic heterocycles. The molecule has 0 amide bonds. The van der Waals surface area contributed by atoms with Gasteiger partial charge in [0.1, 0.15) is 5.82 Å². The Kier molecular flexibility index (Phi) is 5.60. The summed E-state index contributed by atoms with van der Waals surface area (Å²) in [5, 5.41) is 0. The fourth-order valence-corrected chi connectivity index (χ4v) is 4.72. The van der Waals surface area contributed by atoms with E-state index in [0.717, 1.165) is 36.2 Å². The normalized spacial score (nSPS) is 17.7. The third-order valence-corrected chi connectivity index (χ3v) is 6.35. The Hall–Kier alpha value is -1.35. The van der Waals surface area contributed by atoms with Gasteiger partial charge in [0.25, 0.3) is 0 Å². The number of furan rings is 1. The van der Waals surface area contributed by atoms with E-state index in [9.17, 15) is 12.8 Å². The molecule has 1 unspecified atom stereocenters. The zero-order chi connectivity index (χ0) is 17.0. The summed E-state index contributed by atoms with van der Waals surface area (Å²) in [7, 11) is -3.76. The van der Waals surface area contributed by atoms with Crippen LogP contribution in [0, 0.1) is 5.82 Å². The van der Waals surface area contributed by atoms with Gasteiger partial charge < -0.3 is 4.42 Å². The van der Waals surface area contributed by atoms with E-state index in [1.54, 1.807) is 12.5 Å². The molecule has 2 heterocycles. The number of rotatable bonds is 6. The molecule has 0 radical (unpaired) electrons. The SMILES string of the molecule is O=S(=O)(NCC(c1ccoc1)N1CCSCC1)c1cccc(F)c1. The van der Waals surface area contributed by atoms with Gasteiger partial charge in [0.05, 0.1) is 23.5 Å². The van der Waals surface area contributed by atoms with Gasteiger partial charge in [-0.1, -0.05) is 6.07 Å². The molecule has 1 atom stereocenters. The lowest BCUT2D eigenvalue weighted by atomic mass is 10.1.